The summed E-state index contributed by atoms with van der Waals surface area (Å²) in [4.78, 5) is 27.1. The van der Waals surface area contributed by atoms with Gasteiger partial charge in [0, 0.05) is 38.8 Å². The van der Waals surface area contributed by atoms with Gasteiger partial charge < -0.3 is 10.6 Å². The lowest BCUT2D eigenvalue weighted by Gasteiger charge is -2.48. The van der Waals surface area contributed by atoms with Crippen molar-refractivity contribution in [3.8, 4) is 0 Å². The molecule has 3 rings (SSSR count). The lowest BCUT2D eigenvalue weighted by Crippen LogP contribution is -2.63. The van der Waals surface area contributed by atoms with Crippen molar-refractivity contribution in [3.63, 3.8) is 0 Å². The number of ketones is 1. The lowest BCUT2D eigenvalue weighted by atomic mass is 9.83. The maximum absolute atomic E-state index is 13.1. The molecule has 6 heteroatoms. The van der Waals surface area contributed by atoms with Crippen molar-refractivity contribution in [2.45, 2.75) is 50.3 Å². The van der Waals surface area contributed by atoms with Gasteiger partial charge in [-0.2, -0.15) is 0 Å². The summed E-state index contributed by atoms with van der Waals surface area (Å²) in [6, 6.07) is 5.16. The van der Waals surface area contributed by atoms with Gasteiger partial charge in [-0.15, -0.1) is 0 Å². The van der Waals surface area contributed by atoms with E-state index < -0.39 is 49.4 Å². The van der Waals surface area contributed by atoms with E-state index in [0.717, 1.165) is 0 Å². The molecule has 2 heterocycles. The van der Waals surface area contributed by atoms with Crippen LogP contribution in [0.4, 0.5) is 4.39 Å². The SMILES string of the molecule is [2H]C1([2H])N(C2(C(N)=O)CCN(CCCC(=O)c3ccc(F)cc3)CC2)C([2H])([2H])C([2H])([2H])C([2H])([2H])C1([2H])[2H]. The monoisotopic (exact) mass is 385 g/mol. The molecule has 5 nitrogen and oxygen atoms in total. The molecule has 0 radical (unpaired) electrons. The van der Waals surface area contributed by atoms with Crippen molar-refractivity contribution in [2.75, 3.05) is 32.6 Å². The number of carbonyl (C=O) groups is 2. The van der Waals surface area contributed by atoms with Gasteiger partial charge in [0.05, 0.1) is 0 Å². The van der Waals surface area contributed by atoms with Crippen LogP contribution < -0.4 is 5.73 Å². The normalized spacial score (nSPS) is 35.9. The highest BCUT2D eigenvalue weighted by atomic mass is 19.1. The number of amides is 1. The average Bonchev–Trinajstić information content (AvgIpc) is 2.79. The predicted molar refractivity (Wildman–Crippen MR) is 103 cm³/mol. The van der Waals surface area contributed by atoms with E-state index in [9.17, 15) is 14.0 Å². The van der Waals surface area contributed by atoms with Crippen molar-refractivity contribution < 1.29 is 27.7 Å². The molecule has 2 fully saturated rings. The molecule has 2 aliphatic heterocycles. The van der Waals surface area contributed by atoms with Crippen molar-refractivity contribution in [3.05, 3.63) is 35.6 Å². The number of hydrogen-bond acceptors (Lipinski definition) is 4. The minimum absolute atomic E-state index is 0.0925. The average molecular weight is 386 g/mol. The summed E-state index contributed by atoms with van der Waals surface area (Å²) in [6.45, 7) is -6.30. The summed E-state index contributed by atoms with van der Waals surface area (Å²) in [7, 11) is 0. The highest BCUT2D eigenvalue weighted by Crippen LogP contribution is 2.31. The number of hydrogen-bond donors (Lipinski definition) is 1. The first kappa shape index (κ1) is 10.7. The van der Waals surface area contributed by atoms with Gasteiger partial charge in [0.1, 0.15) is 11.4 Å². The van der Waals surface area contributed by atoms with Crippen LogP contribution >= 0.6 is 0 Å². The van der Waals surface area contributed by atoms with E-state index in [2.05, 4.69) is 0 Å². The Bertz CT molecular complexity index is 1010. The minimum atomic E-state index is -3.58. The van der Waals surface area contributed by atoms with Crippen molar-refractivity contribution in [2.24, 2.45) is 5.73 Å². The van der Waals surface area contributed by atoms with Crippen molar-refractivity contribution in [1.82, 2.24) is 9.80 Å². The van der Waals surface area contributed by atoms with Crippen LogP contribution in [-0.4, -0.2) is 59.7 Å². The van der Waals surface area contributed by atoms with Crippen LogP contribution in [0.5, 0.6) is 0 Å². The number of piperidine rings is 2. The van der Waals surface area contributed by atoms with Crippen LogP contribution in [0.25, 0.3) is 0 Å². The van der Waals surface area contributed by atoms with Crippen LogP contribution in [-0.2, 0) is 4.79 Å². The molecule has 2 N–H and O–H groups in total. The number of carbonyl (C=O) groups excluding carboxylic acids is 2. The first-order valence-corrected chi connectivity index (χ1v) is 8.89. The molecule has 0 atom stereocenters. The molecule has 2 aliphatic rings. The lowest BCUT2D eigenvalue weighted by molar-refractivity contribution is -0.134. The fourth-order valence-corrected chi connectivity index (χ4v) is 3.41. The second-order valence-electron chi connectivity index (χ2n) is 6.71. The first-order chi connectivity index (χ1) is 16.8. The predicted octanol–water partition coefficient (Wildman–Crippen LogP) is 2.59. The molecule has 1 aromatic rings. The molecule has 1 amide bonds. The van der Waals surface area contributed by atoms with Gasteiger partial charge in [-0.05, 0) is 75.8 Å². The fourth-order valence-electron chi connectivity index (χ4n) is 3.41. The first-order valence-electron chi connectivity index (χ1n) is 13.9. The molecule has 0 aromatic heterocycles. The van der Waals surface area contributed by atoms with Crippen LogP contribution in [0.1, 0.15) is 68.9 Å². The topological polar surface area (TPSA) is 66.6 Å². The van der Waals surface area contributed by atoms with Crippen molar-refractivity contribution >= 4 is 11.7 Å². The number of primary amides is 1. The molecule has 0 saturated carbocycles. The van der Waals surface area contributed by atoms with Gasteiger partial charge in [0.15, 0.2) is 5.78 Å². The molecule has 0 aliphatic carbocycles. The number of nitrogens with zero attached hydrogens (tertiary/aromatic N) is 2. The maximum Gasteiger partial charge on any atom is 0.238 e. The van der Waals surface area contributed by atoms with E-state index in [-0.39, 0.29) is 43.0 Å². The third-order valence-corrected chi connectivity index (χ3v) is 5.07. The molecule has 0 spiro atoms. The number of likely N-dealkylation sites (tertiary alicyclic amines) is 2. The van der Waals surface area contributed by atoms with Crippen LogP contribution in [0, 0.1) is 5.82 Å². The fraction of sp³-hybridized carbons (Fsp3) is 0.619. The summed E-state index contributed by atoms with van der Waals surface area (Å²) < 4.78 is 95.3. The summed E-state index contributed by atoms with van der Waals surface area (Å²) >= 11 is 0. The molecule has 0 unspecified atom stereocenters. The molecule has 148 valence electrons. The Morgan fingerprint density at radius 2 is 1.74 bits per heavy atom. The molecule has 0 bridgehead atoms. The van der Waals surface area contributed by atoms with Gasteiger partial charge in [0.25, 0.3) is 0 Å². The Kier molecular flexibility index (Phi) is 3.53. The summed E-state index contributed by atoms with van der Waals surface area (Å²) in [5, 5.41) is 0. The zero-order valence-corrected chi connectivity index (χ0v) is 14.9. The number of rotatable bonds is 7. The van der Waals surface area contributed by atoms with Crippen molar-refractivity contribution in [1.29, 1.82) is 0 Å². The Balaban J connectivity index is 1.79. The van der Waals surface area contributed by atoms with E-state index in [1.807, 2.05) is 4.90 Å². The minimum Gasteiger partial charge on any atom is -0.368 e. The van der Waals surface area contributed by atoms with Crippen LogP contribution in [0.2, 0.25) is 0 Å². The molecule has 1 aromatic carbocycles. The Labute approximate surface area is 174 Å². The number of Topliss-reactive ketones (excluding diaryl/α,β-unsaturated/α-hetero) is 1. The van der Waals surface area contributed by atoms with E-state index in [4.69, 9.17) is 19.4 Å². The quantitative estimate of drug-likeness (QED) is 0.733. The molecular formula is C21H30FN3O2. The highest BCUT2D eigenvalue weighted by molar-refractivity contribution is 5.95. The summed E-state index contributed by atoms with van der Waals surface area (Å²) in [5.41, 5.74) is 3.87. The molecule has 2 saturated heterocycles. The summed E-state index contributed by atoms with van der Waals surface area (Å²) in [5.74, 6) is -1.81. The van der Waals surface area contributed by atoms with E-state index >= 15 is 0 Å². The second kappa shape index (κ2) is 8.93. The number of benzene rings is 1. The van der Waals surface area contributed by atoms with Gasteiger partial charge >= 0.3 is 0 Å². The van der Waals surface area contributed by atoms with E-state index in [0.29, 0.717) is 18.5 Å². The maximum atomic E-state index is 13.1. The van der Waals surface area contributed by atoms with Gasteiger partial charge in [-0.25, -0.2) is 4.39 Å². The highest BCUT2D eigenvalue weighted by Gasteiger charge is 2.44. The Morgan fingerprint density at radius 3 is 2.33 bits per heavy atom. The third kappa shape index (κ3) is 4.74. The summed E-state index contributed by atoms with van der Waals surface area (Å²) in [6.07, 6.45) is -10.6. The van der Waals surface area contributed by atoms with Gasteiger partial charge in [-0.1, -0.05) is 6.37 Å². The molecular weight excluding hydrogens is 345 g/mol. The largest absolute Gasteiger partial charge is 0.368 e. The third-order valence-electron chi connectivity index (χ3n) is 5.07. The number of nitrogens with two attached hydrogens (primary N) is 1. The van der Waals surface area contributed by atoms with E-state index in [1.54, 1.807) is 0 Å². The second-order valence-corrected chi connectivity index (χ2v) is 6.71. The van der Waals surface area contributed by atoms with E-state index in [1.165, 1.54) is 24.3 Å². The standard InChI is InChI=1S/C21H30FN3O2/c22-18-8-6-17(7-9-18)19(26)5-4-12-24-15-10-21(11-16-24,20(23)27)25-13-2-1-3-14-25/h6-9H,1-5,10-16H2,(H2,23,27)/i1D2,2D2,3D2,13D2,14D2. The Hall–Kier alpha value is -1.79. The Morgan fingerprint density at radius 1 is 1.11 bits per heavy atom. The van der Waals surface area contributed by atoms with Crippen LogP contribution in [0.3, 0.4) is 0 Å². The smallest absolute Gasteiger partial charge is 0.238 e. The molecule has 27 heavy (non-hydrogen) atoms. The van der Waals surface area contributed by atoms with Gasteiger partial charge in [-0.3, -0.25) is 14.5 Å². The number of halogens is 1. The van der Waals surface area contributed by atoms with Crippen LogP contribution in [0.15, 0.2) is 24.3 Å². The zero-order chi connectivity index (χ0) is 28.2. The van der Waals surface area contributed by atoms with Gasteiger partial charge in [0.2, 0.25) is 5.91 Å². The zero-order valence-electron chi connectivity index (χ0n) is 24.9.